The molecule has 5 heteroatoms. The second-order valence-electron chi connectivity index (χ2n) is 5.13. The minimum absolute atomic E-state index is 0.0988. The number of hydrogen-bond donors (Lipinski definition) is 0. The Labute approximate surface area is 129 Å². The molecule has 0 radical (unpaired) electrons. The van der Waals surface area contributed by atoms with E-state index in [4.69, 9.17) is 9.47 Å². The van der Waals surface area contributed by atoms with Crippen LogP contribution >= 0.6 is 0 Å². The minimum atomic E-state index is -0.313. The van der Waals surface area contributed by atoms with Gasteiger partial charge in [-0.1, -0.05) is 0 Å². The summed E-state index contributed by atoms with van der Waals surface area (Å²) in [5.41, 5.74) is 1.25. The van der Waals surface area contributed by atoms with Gasteiger partial charge in [-0.15, -0.1) is 0 Å². The highest BCUT2D eigenvalue weighted by molar-refractivity contribution is 5.76. The molecule has 0 bridgehead atoms. The van der Waals surface area contributed by atoms with E-state index in [2.05, 4.69) is 0 Å². The van der Waals surface area contributed by atoms with E-state index in [9.17, 15) is 9.59 Å². The smallest absolute Gasteiger partial charge is 0.261 e. The Bertz CT molecular complexity index is 747. The molecule has 22 heavy (non-hydrogen) atoms. The van der Waals surface area contributed by atoms with Crippen LogP contribution in [0.5, 0.6) is 11.5 Å². The van der Waals surface area contributed by atoms with Gasteiger partial charge in [0.1, 0.15) is 11.5 Å². The fraction of sp³-hybridized carbons (Fsp3) is 0.294. The largest absolute Gasteiger partial charge is 0.497 e. The number of nitrogens with zero attached hydrogens (tertiary/aromatic N) is 1. The first kappa shape index (κ1) is 15.8. The summed E-state index contributed by atoms with van der Waals surface area (Å²) in [6, 6.07) is 8.58. The lowest BCUT2D eigenvalue weighted by Gasteiger charge is -2.19. The highest BCUT2D eigenvalue weighted by Crippen LogP contribution is 2.33. The summed E-state index contributed by atoms with van der Waals surface area (Å²) in [7, 11) is 3.15. The number of pyridine rings is 1. The monoisotopic (exact) mass is 301 g/mol. The topological polar surface area (TPSA) is 57.5 Å². The molecular weight excluding hydrogens is 282 g/mol. The number of carbonyl (C=O) groups is 1. The predicted octanol–water partition coefficient (Wildman–Crippen LogP) is 2.93. The average molecular weight is 301 g/mol. The van der Waals surface area contributed by atoms with Gasteiger partial charge in [0.15, 0.2) is 6.29 Å². The third-order valence-electron chi connectivity index (χ3n) is 3.47. The standard InChI is InChI=1S/C17H19NO4/c1-11(2)18-15(7-5-12(10-19)17(18)20)14-9-13(21-3)6-8-16(14)22-4/h5-11H,1-4H3. The van der Waals surface area contributed by atoms with E-state index in [1.54, 1.807) is 37.0 Å². The molecule has 1 aromatic heterocycles. The summed E-state index contributed by atoms with van der Waals surface area (Å²) in [6.07, 6.45) is 0.577. The predicted molar refractivity (Wildman–Crippen MR) is 85.0 cm³/mol. The summed E-state index contributed by atoms with van der Waals surface area (Å²) in [6.45, 7) is 3.79. The zero-order valence-corrected chi connectivity index (χ0v) is 13.1. The summed E-state index contributed by atoms with van der Waals surface area (Å²) < 4.78 is 12.2. The van der Waals surface area contributed by atoms with Crippen molar-refractivity contribution in [3.8, 4) is 22.8 Å². The Balaban J connectivity index is 2.80. The first-order valence-electron chi connectivity index (χ1n) is 6.96. The fourth-order valence-corrected chi connectivity index (χ4v) is 2.40. The van der Waals surface area contributed by atoms with Crippen LogP contribution in [-0.2, 0) is 0 Å². The van der Waals surface area contributed by atoms with Crippen molar-refractivity contribution in [3.05, 3.63) is 46.2 Å². The Morgan fingerprint density at radius 1 is 1.09 bits per heavy atom. The molecule has 0 saturated carbocycles. The molecule has 0 atom stereocenters. The highest BCUT2D eigenvalue weighted by atomic mass is 16.5. The van der Waals surface area contributed by atoms with Gasteiger partial charge in [0.2, 0.25) is 0 Å². The lowest BCUT2D eigenvalue weighted by atomic mass is 10.1. The number of methoxy groups -OCH3 is 2. The molecule has 0 aliphatic carbocycles. The Kier molecular flexibility index (Phi) is 4.65. The van der Waals surface area contributed by atoms with Crippen molar-refractivity contribution >= 4 is 6.29 Å². The molecule has 0 N–H and O–H groups in total. The van der Waals surface area contributed by atoms with E-state index >= 15 is 0 Å². The first-order chi connectivity index (χ1) is 10.5. The summed E-state index contributed by atoms with van der Waals surface area (Å²) in [5, 5.41) is 0. The molecule has 1 aromatic carbocycles. The van der Waals surface area contributed by atoms with Crippen LogP contribution in [0.1, 0.15) is 30.2 Å². The summed E-state index contributed by atoms with van der Waals surface area (Å²) in [4.78, 5) is 23.5. The van der Waals surface area contributed by atoms with E-state index in [1.165, 1.54) is 6.07 Å². The van der Waals surface area contributed by atoms with E-state index in [0.29, 0.717) is 23.5 Å². The average Bonchev–Trinajstić information content (AvgIpc) is 2.53. The van der Waals surface area contributed by atoms with Crippen LogP contribution in [0.25, 0.3) is 11.3 Å². The van der Waals surface area contributed by atoms with Gasteiger partial charge < -0.3 is 14.0 Å². The number of hydrogen-bond acceptors (Lipinski definition) is 4. The van der Waals surface area contributed by atoms with Crippen molar-refractivity contribution in [3.63, 3.8) is 0 Å². The van der Waals surface area contributed by atoms with E-state index < -0.39 is 0 Å². The molecule has 1 heterocycles. The van der Waals surface area contributed by atoms with Crippen LogP contribution in [0.4, 0.5) is 0 Å². The van der Waals surface area contributed by atoms with Gasteiger partial charge in [0.25, 0.3) is 5.56 Å². The third kappa shape index (κ3) is 2.74. The van der Waals surface area contributed by atoms with Crippen LogP contribution in [0.15, 0.2) is 35.1 Å². The Morgan fingerprint density at radius 2 is 1.82 bits per heavy atom. The second-order valence-corrected chi connectivity index (χ2v) is 5.13. The first-order valence-corrected chi connectivity index (χ1v) is 6.96. The minimum Gasteiger partial charge on any atom is -0.497 e. The SMILES string of the molecule is COc1ccc(OC)c(-c2ccc(C=O)c(=O)n2C(C)C)c1. The van der Waals surface area contributed by atoms with Crippen molar-refractivity contribution < 1.29 is 14.3 Å². The molecule has 2 rings (SSSR count). The van der Waals surface area contributed by atoms with Gasteiger partial charge in [0.05, 0.1) is 25.5 Å². The zero-order chi connectivity index (χ0) is 16.3. The summed E-state index contributed by atoms with van der Waals surface area (Å²) >= 11 is 0. The lowest BCUT2D eigenvalue weighted by molar-refractivity contribution is 0.112. The molecule has 0 fully saturated rings. The van der Waals surface area contributed by atoms with Crippen LogP contribution < -0.4 is 15.0 Å². The van der Waals surface area contributed by atoms with Crippen LogP contribution in [0, 0.1) is 0 Å². The second kappa shape index (κ2) is 6.47. The van der Waals surface area contributed by atoms with Gasteiger partial charge in [-0.2, -0.15) is 0 Å². The van der Waals surface area contributed by atoms with Gasteiger partial charge in [-0.05, 0) is 44.2 Å². The number of ether oxygens (including phenoxy) is 2. The maximum atomic E-state index is 12.4. The summed E-state index contributed by atoms with van der Waals surface area (Å²) in [5.74, 6) is 1.30. The number of aldehydes is 1. The Morgan fingerprint density at radius 3 is 2.36 bits per heavy atom. The zero-order valence-electron chi connectivity index (χ0n) is 13.1. The van der Waals surface area contributed by atoms with Crippen molar-refractivity contribution in [1.29, 1.82) is 0 Å². The maximum Gasteiger partial charge on any atom is 0.261 e. The van der Waals surface area contributed by atoms with Gasteiger partial charge >= 0.3 is 0 Å². The van der Waals surface area contributed by atoms with E-state index in [1.807, 2.05) is 19.9 Å². The quantitative estimate of drug-likeness (QED) is 0.797. The van der Waals surface area contributed by atoms with Crippen LogP contribution in [0.3, 0.4) is 0 Å². The Hall–Kier alpha value is -2.56. The van der Waals surface area contributed by atoms with Crippen molar-refractivity contribution in [2.45, 2.75) is 19.9 Å². The lowest BCUT2D eigenvalue weighted by Crippen LogP contribution is -2.26. The van der Waals surface area contributed by atoms with E-state index in [0.717, 1.165) is 5.56 Å². The number of benzene rings is 1. The van der Waals surface area contributed by atoms with E-state index in [-0.39, 0.29) is 17.2 Å². The molecule has 0 spiro atoms. The van der Waals surface area contributed by atoms with Crippen LogP contribution in [-0.4, -0.2) is 25.1 Å². The molecular formula is C17H19NO4. The normalized spacial score (nSPS) is 10.6. The van der Waals surface area contributed by atoms with Crippen LogP contribution in [0.2, 0.25) is 0 Å². The van der Waals surface area contributed by atoms with Crippen molar-refractivity contribution in [2.24, 2.45) is 0 Å². The molecule has 5 nitrogen and oxygen atoms in total. The van der Waals surface area contributed by atoms with Crippen molar-refractivity contribution in [1.82, 2.24) is 4.57 Å². The molecule has 0 aliphatic heterocycles. The van der Waals surface area contributed by atoms with Gasteiger partial charge in [0, 0.05) is 11.6 Å². The van der Waals surface area contributed by atoms with Gasteiger partial charge in [-0.25, -0.2) is 0 Å². The molecule has 0 unspecified atom stereocenters. The number of carbonyl (C=O) groups excluding carboxylic acids is 1. The van der Waals surface area contributed by atoms with Crippen molar-refractivity contribution in [2.75, 3.05) is 14.2 Å². The highest BCUT2D eigenvalue weighted by Gasteiger charge is 2.16. The molecule has 2 aromatic rings. The molecule has 0 amide bonds. The third-order valence-corrected chi connectivity index (χ3v) is 3.47. The number of rotatable bonds is 5. The maximum absolute atomic E-state index is 12.4. The molecule has 0 saturated heterocycles. The molecule has 116 valence electrons. The number of aromatic nitrogens is 1. The molecule has 0 aliphatic rings. The fourth-order valence-electron chi connectivity index (χ4n) is 2.40. The van der Waals surface area contributed by atoms with Gasteiger partial charge in [-0.3, -0.25) is 9.59 Å².